The summed E-state index contributed by atoms with van der Waals surface area (Å²) < 4.78 is 4.20. The Morgan fingerprint density at radius 1 is 1.11 bits per heavy atom. The Kier molecular flexibility index (Phi) is 3.35. The van der Waals surface area contributed by atoms with Crippen LogP contribution >= 0.6 is 12.9 Å². The Bertz CT molecular complexity index is 72.6. The van der Waals surface area contributed by atoms with Gasteiger partial charge in [0.15, 0.2) is 0 Å². The van der Waals surface area contributed by atoms with Gasteiger partial charge in [-0.05, 0) is 12.8 Å². The molecule has 1 aliphatic rings. The van der Waals surface area contributed by atoms with E-state index >= 15 is 0 Å². The van der Waals surface area contributed by atoms with Crippen LogP contribution in [-0.4, -0.2) is 18.2 Å². The normalized spacial score (nSPS) is 22.3. The van der Waals surface area contributed by atoms with Gasteiger partial charge >= 0.3 is 0 Å². The smallest absolute Gasteiger partial charge is 0.0271 e. The lowest BCUT2D eigenvalue weighted by Crippen LogP contribution is -2.28. The second kappa shape index (κ2) is 4.11. The first-order valence-electron chi connectivity index (χ1n) is 3.16. The average molecular weight is 149 g/mol. The minimum absolute atomic E-state index is 0.959. The van der Waals surface area contributed by atoms with Gasteiger partial charge in [0.25, 0.3) is 0 Å². The van der Waals surface area contributed by atoms with E-state index in [2.05, 4.69) is 22.2 Å². The second-order valence-electron chi connectivity index (χ2n) is 2.14. The standard InChI is InChI=1S/C5H11NO2S/c9-8-7-6-4-2-1-3-5-6/h9H,1-5H2. The summed E-state index contributed by atoms with van der Waals surface area (Å²) in [7, 11) is 0. The molecule has 1 rings (SSSR count). The van der Waals surface area contributed by atoms with E-state index in [0.717, 1.165) is 13.1 Å². The molecule has 1 saturated heterocycles. The van der Waals surface area contributed by atoms with E-state index in [1.54, 1.807) is 5.06 Å². The molecule has 0 radical (unpaired) electrons. The van der Waals surface area contributed by atoms with Crippen molar-refractivity contribution in [1.29, 1.82) is 0 Å². The molecule has 1 fully saturated rings. The zero-order valence-electron chi connectivity index (χ0n) is 5.25. The van der Waals surface area contributed by atoms with Gasteiger partial charge in [-0.3, -0.25) is 0 Å². The van der Waals surface area contributed by atoms with Crippen molar-refractivity contribution in [1.82, 2.24) is 5.06 Å². The number of piperidine rings is 1. The molecule has 0 aromatic rings. The van der Waals surface area contributed by atoms with Gasteiger partial charge in [-0.15, -0.1) is 9.32 Å². The van der Waals surface area contributed by atoms with Gasteiger partial charge in [0.1, 0.15) is 0 Å². The number of hydrogen-bond donors (Lipinski definition) is 1. The third-order valence-corrected chi connectivity index (χ3v) is 1.52. The maximum absolute atomic E-state index is 4.68. The summed E-state index contributed by atoms with van der Waals surface area (Å²) in [5.74, 6) is 0. The summed E-state index contributed by atoms with van der Waals surface area (Å²) >= 11 is 3.47. The number of nitrogens with zero attached hydrogens (tertiary/aromatic N) is 1. The molecule has 0 atom stereocenters. The van der Waals surface area contributed by atoms with Crippen molar-refractivity contribution in [3.05, 3.63) is 0 Å². The van der Waals surface area contributed by atoms with Crippen molar-refractivity contribution in [3.8, 4) is 0 Å². The zero-order chi connectivity index (χ0) is 6.53. The molecule has 0 amide bonds. The molecule has 0 spiro atoms. The van der Waals surface area contributed by atoms with E-state index < -0.39 is 0 Å². The summed E-state index contributed by atoms with van der Waals surface area (Å²) in [6, 6.07) is 0. The van der Waals surface area contributed by atoms with E-state index in [-0.39, 0.29) is 0 Å². The number of hydrogen-bond acceptors (Lipinski definition) is 4. The molecule has 0 aromatic carbocycles. The summed E-state index contributed by atoms with van der Waals surface area (Å²) in [4.78, 5) is 4.68. The molecule has 0 aliphatic carbocycles. The largest absolute Gasteiger partial charge is 0.156 e. The van der Waals surface area contributed by atoms with Crippen LogP contribution in [0.2, 0.25) is 0 Å². The minimum Gasteiger partial charge on any atom is -0.156 e. The predicted molar refractivity (Wildman–Crippen MR) is 36.6 cm³/mol. The van der Waals surface area contributed by atoms with Crippen LogP contribution in [0, 0.1) is 0 Å². The van der Waals surface area contributed by atoms with Crippen molar-refractivity contribution in [2.45, 2.75) is 19.3 Å². The highest BCUT2D eigenvalue weighted by Crippen LogP contribution is 2.08. The molecular weight excluding hydrogens is 138 g/mol. The topological polar surface area (TPSA) is 21.7 Å². The highest BCUT2D eigenvalue weighted by atomic mass is 32.1. The summed E-state index contributed by atoms with van der Waals surface area (Å²) in [5, 5.41) is 1.77. The van der Waals surface area contributed by atoms with E-state index in [1.807, 2.05) is 0 Å². The Morgan fingerprint density at radius 3 is 2.33 bits per heavy atom. The van der Waals surface area contributed by atoms with Gasteiger partial charge in [-0.1, -0.05) is 6.42 Å². The maximum atomic E-state index is 4.68. The van der Waals surface area contributed by atoms with Crippen LogP contribution in [-0.2, 0) is 9.32 Å². The van der Waals surface area contributed by atoms with Gasteiger partial charge in [0.05, 0.1) is 0 Å². The van der Waals surface area contributed by atoms with Crippen molar-refractivity contribution in [3.63, 3.8) is 0 Å². The zero-order valence-corrected chi connectivity index (χ0v) is 6.14. The van der Waals surface area contributed by atoms with Crippen LogP contribution in [0.15, 0.2) is 0 Å². The Balaban J connectivity index is 2.08. The fourth-order valence-corrected chi connectivity index (χ4v) is 1.08. The molecule has 0 aromatic heterocycles. The molecule has 4 heteroatoms. The summed E-state index contributed by atoms with van der Waals surface area (Å²) in [6.07, 6.45) is 3.68. The Morgan fingerprint density at radius 2 is 1.78 bits per heavy atom. The summed E-state index contributed by atoms with van der Waals surface area (Å²) in [6.45, 7) is 1.92. The van der Waals surface area contributed by atoms with Gasteiger partial charge in [0.2, 0.25) is 0 Å². The van der Waals surface area contributed by atoms with Crippen molar-refractivity contribution >= 4 is 12.9 Å². The lowest BCUT2D eigenvalue weighted by atomic mass is 10.2. The SMILES string of the molecule is SOON1CCCCC1. The molecule has 9 heavy (non-hydrogen) atoms. The first-order valence-corrected chi connectivity index (χ1v) is 3.53. The van der Waals surface area contributed by atoms with E-state index in [1.165, 1.54) is 19.3 Å². The molecule has 54 valence electrons. The van der Waals surface area contributed by atoms with E-state index in [9.17, 15) is 0 Å². The van der Waals surface area contributed by atoms with Gasteiger partial charge in [-0.2, -0.15) is 5.06 Å². The maximum Gasteiger partial charge on any atom is 0.0271 e. The van der Waals surface area contributed by atoms with Gasteiger partial charge < -0.3 is 0 Å². The Labute approximate surface area is 60.4 Å². The third kappa shape index (κ3) is 2.53. The van der Waals surface area contributed by atoms with E-state index in [4.69, 9.17) is 0 Å². The van der Waals surface area contributed by atoms with Crippen LogP contribution in [0.1, 0.15) is 19.3 Å². The third-order valence-electron chi connectivity index (χ3n) is 1.45. The first kappa shape index (κ1) is 7.34. The lowest BCUT2D eigenvalue weighted by Gasteiger charge is -2.22. The number of hydroxylamine groups is 2. The number of thiol groups is 1. The fourth-order valence-electron chi connectivity index (χ4n) is 0.987. The highest BCUT2D eigenvalue weighted by Gasteiger charge is 2.09. The molecule has 0 bridgehead atoms. The molecule has 3 nitrogen and oxygen atoms in total. The van der Waals surface area contributed by atoms with E-state index in [0.29, 0.717) is 0 Å². The second-order valence-corrected chi connectivity index (χ2v) is 2.29. The highest BCUT2D eigenvalue weighted by molar-refractivity contribution is 7.74. The predicted octanol–water partition coefficient (Wildman–Crippen LogP) is 1.18. The van der Waals surface area contributed by atoms with Gasteiger partial charge in [0, 0.05) is 26.0 Å². The fraction of sp³-hybridized carbons (Fsp3) is 1.00. The molecule has 0 unspecified atom stereocenters. The molecule has 0 saturated carbocycles. The van der Waals surface area contributed by atoms with Crippen LogP contribution in [0.3, 0.4) is 0 Å². The number of rotatable bonds is 2. The van der Waals surface area contributed by atoms with Crippen LogP contribution < -0.4 is 0 Å². The van der Waals surface area contributed by atoms with Gasteiger partial charge in [-0.25, -0.2) is 0 Å². The first-order chi connectivity index (χ1) is 4.43. The minimum atomic E-state index is 0.959. The van der Waals surface area contributed by atoms with Crippen LogP contribution in [0.25, 0.3) is 0 Å². The molecule has 1 aliphatic heterocycles. The molecule has 1 heterocycles. The van der Waals surface area contributed by atoms with Crippen molar-refractivity contribution < 1.29 is 9.32 Å². The van der Waals surface area contributed by atoms with Crippen LogP contribution in [0.4, 0.5) is 0 Å². The lowest BCUT2D eigenvalue weighted by molar-refractivity contribution is -0.362. The monoisotopic (exact) mass is 149 g/mol. The quantitative estimate of drug-likeness (QED) is 0.276. The summed E-state index contributed by atoms with van der Waals surface area (Å²) in [5.41, 5.74) is 0. The molecular formula is C5H11NO2S. The average Bonchev–Trinajstić information content (AvgIpc) is 1.91. The molecule has 0 N–H and O–H groups in total. The van der Waals surface area contributed by atoms with Crippen LogP contribution in [0.5, 0.6) is 0 Å². The Hall–Kier alpha value is 0.230. The van der Waals surface area contributed by atoms with Crippen molar-refractivity contribution in [2.75, 3.05) is 13.1 Å². The van der Waals surface area contributed by atoms with Crippen molar-refractivity contribution in [2.24, 2.45) is 0 Å².